The van der Waals surface area contributed by atoms with E-state index in [-0.39, 0.29) is 5.92 Å². The molecule has 0 aliphatic carbocycles. The summed E-state index contributed by atoms with van der Waals surface area (Å²) in [6.45, 7) is 8.09. The van der Waals surface area contributed by atoms with Gasteiger partial charge >= 0.3 is 0 Å². The largest absolute Gasteiger partial charge is 0.398 e. The zero-order valence-corrected chi connectivity index (χ0v) is 16.5. The Morgan fingerprint density at radius 3 is 2.42 bits per heavy atom. The van der Waals surface area contributed by atoms with Crippen LogP contribution in [-0.4, -0.2) is 46.7 Å². The molecule has 2 aromatic rings. The molecule has 2 aliphatic heterocycles. The maximum absolute atomic E-state index is 13.4. The highest BCUT2D eigenvalue weighted by molar-refractivity contribution is 7.59. The lowest BCUT2D eigenvalue weighted by molar-refractivity contribution is 0.513. The number of pyridine rings is 1. The van der Waals surface area contributed by atoms with E-state index in [4.69, 9.17) is 5.73 Å². The molecule has 2 aliphatic rings. The second-order valence-electron chi connectivity index (χ2n) is 7.60. The van der Waals surface area contributed by atoms with Gasteiger partial charge in [0, 0.05) is 56.3 Å². The number of rotatable bonds is 7. The average Bonchev–Trinajstić information content (AvgIpc) is 3.50. The summed E-state index contributed by atoms with van der Waals surface area (Å²) < 4.78 is 17.7. The molecule has 2 saturated heterocycles. The normalized spacial score (nSPS) is 18.7. The SMILES string of the molecule is Cc1ccc(Cc2cc(C(C)CP(=O)(N3CC3)N3CC3)ccc2N)cn1. The van der Waals surface area contributed by atoms with Gasteiger partial charge in [-0.2, -0.15) is 0 Å². The summed E-state index contributed by atoms with van der Waals surface area (Å²) in [5.41, 5.74) is 11.5. The van der Waals surface area contributed by atoms with Gasteiger partial charge in [-0.15, -0.1) is 0 Å². The first-order valence-electron chi connectivity index (χ1n) is 9.35. The van der Waals surface area contributed by atoms with Crippen molar-refractivity contribution in [2.75, 3.05) is 38.1 Å². The first-order valence-corrected chi connectivity index (χ1v) is 11.2. The Bertz CT molecular complexity index is 827. The molecular weight excluding hydrogens is 343 g/mol. The predicted molar refractivity (Wildman–Crippen MR) is 107 cm³/mol. The summed E-state index contributed by atoms with van der Waals surface area (Å²) in [5.74, 6) is 0.248. The third-order valence-corrected chi connectivity index (χ3v) is 8.94. The second kappa shape index (κ2) is 6.80. The number of nitrogen functional groups attached to an aromatic ring is 1. The smallest absolute Gasteiger partial charge is 0.217 e. The third kappa shape index (κ3) is 3.71. The molecule has 0 spiro atoms. The van der Waals surface area contributed by atoms with E-state index in [9.17, 15) is 4.57 Å². The summed E-state index contributed by atoms with van der Waals surface area (Å²) in [4.78, 5) is 4.37. The molecule has 0 radical (unpaired) electrons. The molecule has 2 N–H and O–H groups in total. The maximum atomic E-state index is 13.4. The van der Waals surface area contributed by atoms with Crippen LogP contribution in [0.15, 0.2) is 36.5 Å². The molecule has 0 amide bonds. The number of hydrogen-bond donors (Lipinski definition) is 1. The monoisotopic (exact) mass is 370 g/mol. The van der Waals surface area contributed by atoms with Crippen LogP contribution in [0, 0.1) is 6.92 Å². The van der Waals surface area contributed by atoms with Gasteiger partial charge in [-0.25, -0.2) is 9.34 Å². The van der Waals surface area contributed by atoms with E-state index in [1.165, 1.54) is 5.56 Å². The molecule has 138 valence electrons. The van der Waals surface area contributed by atoms with Crippen LogP contribution in [-0.2, 0) is 11.0 Å². The molecule has 3 heterocycles. The summed E-state index contributed by atoms with van der Waals surface area (Å²) in [5, 5.41) is 0. The topological polar surface area (TPSA) is 62.0 Å². The number of hydrogen-bond acceptors (Lipinski definition) is 3. The fraction of sp³-hybridized carbons (Fsp3) is 0.450. The van der Waals surface area contributed by atoms with E-state index in [2.05, 4.69) is 39.4 Å². The Kier molecular flexibility index (Phi) is 4.64. The molecule has 1 aromatic carbocycles. The van der Waals surface area contributed by atoms with Gasteiger partial charge < -0.3 is 5.73 Å². The van der Waals surface area contributed by atoms with Crippen molar-refractivity contribution in [3.8, 4) is 0 Å². The number of anilines is 1. The van der Waals surface area contributed by atoms with Crippen molar-refractivity contribution in [1.29, 1.82) is 0 Å². The lowest BCUT2D eigenvalue weighted by Gasteiger charge is -2.24. The summed E-state index contributed by atoms with van der Waals surface area (Å²) >= 11 is 0. The van der Waals surface area contributed by atoms with E-state index in [0.717, 1.165) is 61.3 Å². The molecule has 0 bridgehead atoms. The number of nitrogens with two attached hydrogens (primary N) is 1. The first kappa shape index (κ1) is 17.7. The van der Waals surface area contributed by atoms with E-state index < -0.39 is 7.44 Å². The number of aryl methyl sites for hydroxylation is 1. The highest BCUT2D eigenvalue weighted by Gasteiger charge is 2.48. The molecule has 1 aromatic heterocycles. The van der Waals surface area contributed by atoms with Crippen molar-refractivity contribution in [2.45, 2.75) is 26.2 Å². The van der Waals surface area contributed by atoms with Crippen LogP contribution in [0.5, 0.6) is 0 Å². The number of aromatic nitrogens is 1. The standard InChI is InChI=1S/C20H27N4OP/c1-15(14-26(25,23-7-8-23)24-9-10-24)18-5-6-20(21)19(12-18)11-17-4-3-16(2)22-13-17/h3-6,12-13,15H,7-11,14,21H2,1-2H3. The minimum Gasteiger partial charge on any atom is -0.398 e. The van der Waals surface area contributed by atoms with Gasteiger partial charge in [-0.3, -0.25) is 9.55 Å². The average molecular weight is 370 g/mol. The van der Waals surface area contributed by atoms with Gasteiger partial charge in [0.25, 0.3) is 0 Å². The number of nitrogens with zero attached hydrogens (tertiary/aromatic N) is 3. The molecule has 1 atom stereocenters. The van der Waals surface area contributed by atoms with Gasteiger partial charge in [0.2, 0.25) is 7.44 Å². The molecule has 0 saturated carbocycles. The zero-order valence-electron chi connectivity index (χ0n) is 15.6. The van der Waals surface area contributed by atoms with Gasteiger partial charge in [0.05, 0.1) is 0 Å². The van der Waals surface area contributed by atoms with Crippen LogP contribution in [0.3, 0.4) is 0 Å². The van der Waals surface area contributed by atoms with Crippen molar-refractivity contribution in [2.24, 2.45) is 0 Å². The van der Waals surface area contributed by atoms with Crippen molar-refractivity contribution in [3.05, 3.63) is 58.9 Å². The summed E-state index contributed by atoms with van der Waals surface area (Å²) in [6.07, 6.45) is 3.41. The molecule has 5 nitrogen and oxygen atoms in total. The van der Waals surface area contributed by atoms with E-state index in [0.29, 0.717) is 0 Å². The quantitative estimate of drug-likeness (QED) is 0.459. The lowest BCUT2D eigenvalue weighted by Crippen LogP contribution is -2.13. The molecule has 2 fully saturated rings. The van der Waals surface area contributed by atoms with Crippen LogP contribution < -0.4 is 5.73 Å². The van der Waals surface area contributed by atoms with Crippen LogP contribution in [0.25, 0.3) is 0 Å². The molecule has 4 rings (SSSR count). The highest BCUT2D eigenvalue weighted by Crippen LogP contribution is 2.61. The molecule has 1 unspecified atom stereocenters. The van der Waals surface area contributed by atoms with Crippen molar-refractivity contribution in [1.82, 2.24) is 14.3 Å². The maximum Gasteiger partial charge on any atom is 0.217 e. The Morgan fingerprint density at radius 2 is 1.85 bits per heavy atom. The van der Waals surface area contributed by atoms with Gasteiger partial charge in [0.1, 0.15) is 0 Å². The van der Waals surface area contributed by atoms with Crippen molar-refractivity contribution in [3.63, 3.8) is 0 Å². The summed E-state index contributed by atoms with van der Waals surface area (Å²) in [7, 11) is -2.34. The fourth-order valence-electron chi connectivity index (χ4n) is 3.49. The fourth-order valence-corrected chi connectivity index (χ4v) is 6.67. The van der Waals surface area contributed by atoms with Crippen molar-refractivity contribution < 1.29 is 4.57 Å². The Morgan fingerprint density at radius 1 is 1.15 bits per heavy atom. The van der Waals surface area contributed by atoms with Crippen molar-refractivity contribution >= 4 is 13.1 Å². The van der Waals surface area contributed by atoms with E-state index >= 15 is 0 Å². The van der Waals surface area contributed by atoms with Gasteiger partial charge in [-0.05, 0) is 41.7 Å². The van der Waals surface area contributed by atoms with Crippen LogP contribution >= 0.6 is 7.44 Å². The molecular formula is C20H27N4OP. The highest BCUT2D eigenvalue weighted by atomic mass is 31.2. The van der Waals surface area contributed by atoms with Gasteiger partial charge in [0.15, 0.2) is 0 Å². The van der Waals surface area contributed by atoms with E-state index in [1.54, 1.807) is 0 Å². The van der Waals surface area contributed by atoms with E-state index in [1.807, 2.05) is 25.3 Å². The number of benzene rings is 1. The zero-order chi connectivity index (χ0) is 18.3. The first-order chi connectivity index (χ1) is 12.5. The molecule has 26 heavy (non-hydrogen) atoms. The molecule has 6 heteroatoms. The van der Waals surface area contributed by atoms with Crippen LogP contribution in [0.2, 0.25) is 0 Å². The predicted octanol–water partition coefficient (Wildman–Crippen LogP) is 3.49. The Labute approximate surface area is 155 Å². The third-order valence-electron chi connectivity index (χ3n) is 5.35. The second-order valence-corrected chi connectivity index (χ2v) is 10.4. The summed E-state index contributed by atoms with van der Waals surface area (Å²) in [6, 6.07) is 10.4. The Balaban J connectivity index is 1.53. The van der Waals surface area contributed by atoms with Gasteiger partial charge in [-0.1, -0.05) is 25.1 Å². The minimum atomic E-state index is -2.34. The minimum absolute atomic E-state index is 0.248. The van der Waals surface area contributed by atoms with Crippen LogP contribution in [0.4, 0.5) is 5.69 Å². The Hall–Kier alpha value is -1.68. The lowest BCUT2D eigenvalue weighted by atomic mass is 9.96. The van der Waals surface area contributed by atoms with Crippen LogP contribution in [0.1, 0.15) is 35.2 Å².